The first-order valence-electron chi connectivity index (χ1n) is 7.34. The second kappa shape index (κ2) is 8.01. The highest BCUT2D eigenvalue weighted by Gasteiger charge is 2.17. The average Bonchev–Trinajstić information content (AvgIpc) is 2.98. The SMILES string of the molecule is COCCCCNC(=O)c1ccn(C2CCCNC2)n1. The van der Waals surface area contributed by atoms with Crippen LogP contribution >= 0.6 is 0 Å². The number of nitrogens with one attached hydrogen (secondary N) is 2. The summed E-state index contributed by atoms with van der Waals surface area (Å²) in [5, 5.41) is 10.6. The number of hydrogen-bond acceptors (Lipinski definition) is 4. The van der Waals surface area contributed by atoms with Crippen molar-refractivity contribution in [1.29, 1.82) is 0 Å². The molecule has 0 aromatic carbocycles. The van der Waals surface area contributed by atoms with Crippen molar-refractivity contribution in [3.05, 3.63) is 18.0 Å². The van der Waals surface area contributed by atoms with Crippen LogP contribution in [0.2, 0.25) is 0 Å². The number of carbonyl (C=O) groups excluding carboxylic acids is 1. The van der Waals surface area contributed by atoms with E-state index in [4.69, 9.17) is 4.74 Å². The van der Waals surface area contributed by atoms with Crippen molar-refractivity contribution in [2.45, 2.75) is 31.7 Å². The van der Waals surface area contributed by atoms with Crippen molar-refractivity contribution in [1.82, 2.24) is 20.4 Å². The number of ether oxygens (including phenoxy) is 1. The lowest BCUT2D eigenvalue weighted by Gasteiger charge is -2.22. The zero-order valence-corrected chi connectivity index (χ0v) is 12.1. The third kappa shape index (κ3) is 4.31. The van der Waals surface area contributed by atoms with Crippen LogP contribution in [0.25, 0.3) is 0 Å². The Morgan fingerprint density at radius 3 is 3.25 bits per heavy atom. The molecular weight excluding hydrogens is 256 g/mol. The zero-order valence-electron chi connectivity index (χ0n) is 12.1. The van der Waals surface area contributed by atoms with E-state index < -0.39 is 0 Å². The van der Waals surface area contributed by atoms with Gasteiger partial charge in [-0.3, -0.25) is 9.48 Å². The standard InChI is InChI=1S/C14H24N4O2/c1-20-10-3-2-8-16-14(19)13-6-9-18(17-13)12-5-4-7-15-11-12/h6,9,12,15H,2-5,7-8,10-11H2,1H3,(H,16,19). The van der Waals surface area contributed by atoms with Crippen LogP contribution in [0.4, 0.5) is 0 Å². The molecular formula is C14H24N4O2. The largest absolute Gasteiger partial charge is 0.385 e. The highest BCUT2D eigenvalue weighted by Crippen LogP contribution is 2.15. The van der Waals surface area contributed by atoms with Crippen LogP contribution < -0.4 is 10.6 Å². The highest BCUT2D eigenvalue weighted by atomic mass is 16.5. The first-order chi connectivity index (χ1) is 9.81. The lowest BCUT2D eigenvalue weighted by atomic mass is 10.1. The molecule has 1 fully saturated rings. The molecule has 2 heterocycles. The maximum atomic E-state index is 11.9. The van der Waals surface area contributed by atoms with Gasteiger partial charge in [-0.05, 0) is 38.3 Å². The highest BCUT2D eigenvalue weighted by molar-refractivity contribution is 5.92. The quantitative estimate of drug-likeness (QED) is 0.730. The number of amides is 1. The molecule has 0 bridgehead atoms. The van der Waals surface area contributed by atoms with Crippen molar-refractivity contribution in [3.63, 3.8) is 0 Å². The minimum Gasteiger partial charge on any atom is -0.385 e. The van der Waals surface area contributed by atoms with Gasteiger partial charge in [0.2, 0.25) is 0 Å². The number of carbonyl (C=O) groups is 1. The predicted octanol–water partition coefficient (Wildman–Crippen LogP) is 0.964. The molecule has 2 rings (SSSR count). The summed E-state index contributed by atoms with van der Waals surface area (Å²) >= 11 is 0. The number of hydrogen-bond donors (Lipinski definition) is 2. The van der Waals surface area contributed by atoms with E-state index in [0.717, 1.165) is 45.4 Å². The summed E-state index contributed by atoms with van der Waals surface area (Å²) < 4.78 is 6.88. The minimum atomic E-state index is -0.0927. The fraction of sp³-hybridized carbons (Fsp3) is 0.714. The summed E-state index contributed by atoms with van der Waals surface area (Å²) in [4.78, 5) is 11.9. The van der Waals surface area contributed by atoms with Crippen molar-refractivity contribution in [2.75, 3.05) is 33.4 Å². The van der Waals surface area contributed by atoms with E-state index in [-0.39, 0.29) is 5.91 Å². The van der Waals surface area contributed by atoms with Gasteiger partial charge in [-0.25, -0.2) is 0 Å². The van der Waals surface area contributed by atoms with Gasteiger partial charge in [0.25, 0.3) is 5.91 Å². The van der Waals surface area contributed by atoms with E-state index in [1.165, 1.54) is 0 Å². The molecule has 0 saturated carbocycles. The van der Waals surface area contributed by atoms with Gasteiger partial charge in [-0.1, -0.05) is 0 Å². The van der Waals surface area contributed by atoms with Gasteiger partial charge >= 0.3 is 0 Å². The van der Waals surface area contributed by atoms with Crippen molar-refractivity contribution >= 4 is 5.91 Å². The molecule has 1 aromatic heterocycles. The Hall–Kier alpha value is -1.40. The van der Waals surface area contributed by atoms with Gasteiger partial charge in [0, 0.05) is 33.0 Å². The first-order valence-corrected chi connectivity index (χ1v) is 7.34. The van der Waals surface area contributed by atoms with E-state index in [1.807, 2.05) is 10.9 Å². The monoisotopic (exact) mass is 280 g/mol. The van der Waals surface area contributed by atoms with E-state index in [2.05, 4.69) is 15.7 Å². The molecule has 1 aliphatic heterocycles. The van der Waals surface area contributed by atoms with Gasteiger partial charge in [0.05, 0.1) is 6.04 Å². The molecule has 20 heavy (non-hydrogen) atoms. The normalized spacial score (nSPS) is 18.9. The van der Waals surface area contributed by atoms with Crippen LogP contribution in [-0.4, -0.2) is 49.0 Å². The maximum absolute atomic E-state index is 11.9. The molecule has 0 radical (unpaired) electrons. The molecule has 1 aliphatic rings. The Labute approximate surface area is 119 Å². The van der Waals surface area contributed by atoms with Gasteiger partial charge < -0.3 is 15.4 Å². The topological polar surface area (TPSA) is 68.2 Å². The summed E-state index contributed by atoms with van der Waals surface area (Å²) in [6.45, 7) is 3.41. The zero-order chi connectivity index (χ0) is 14.2. The summed E-state index contributed by atoms with van der Waals surface area (Å²) in [5.41, 5.74) is 0.502. The van der Waals surface area contributed by atoms with E-state index >= 15 is 0 Å². The van der Waals surface area contributed by atoms with Gasteiger partial charge in [0.1, 0.15) is 5.69 Å². The third-order valence-corrected chi connectivity index (χ3v) is 3.55. The Morgan fingerprint density at radius 1 is 1.60 bits per heavy atom. The lowest BCUT2D eigenvalue weighted by molar-refractivity contribution is 0.0945. The fourth-order valence-corrected chi connectivity index (χ4v) is 2.39. The number of unbranched alkanes of at least 4 members (excludes halogenated alkanes) is 1. The minimum absolute atomic E-state index is 0.0927. The Balaban J connectivity index is 1.77. The second-order valence-corrected chi connectivity index (χ2v) is 5.14. The van der Waals surface area contributed by atoms with Gasteiger partial charge in [-0.15, -0.1) is 0 Å². The molecule has 0 spiro atoms. The van der Waals surface area contributed by atoms with Crippen molar-refractivity contribution < 1.29 is 9.53 Å². The van der Waals surface area contributed by atoms with E-state index in [0.29, 0.717) is 18.3 Å². The van der Waals surface area contributed by atoms with Crippen LogP contribution in [0.5, 0.6) is 0 Å². The molecule has 1 unspecified atom stereocenters. The van der Waals surface area contributed by atoms with Crippen LogP contribution in [0.15, 0.2) is 12.3 Å². The summed E-state index contributed by atoms with van der Waals surface area (Å²) in [6.07, 6.45) is 6.06. The molecule has 1 aromatic rings. The summed E-state index contributed by atoms with van der Waals surface area (Å²) in [7, 11) is 1.69. The van der Waals surface area contributed by atoms with Crippen molar-refractivity contribution in [3.8, 4) is 0 Å². The molecule has 6 heteroatoms. The van der Waals surface area contributed by atoms with Crippen LogP contribution in [-0.2, 0) is 4.74 Å². The number of rotatable bonds is 7. The molecule has 6 nitrogen and oxygen atoms in total. The van der Waals surface area contributed by atoms with Crippen LogP contribution in [0, 0.1) is 0 Å². The lowest BCUT2D eigenvalue weighted by Crippen LogP contribution is -2.32. The summed E-state index contributed by atoms with van der Waals surface area (Å²) in [6, 6.07) is 2.16. The van der Waals surface area contributed by atoms with E-state index in [1.54, 1.807) is 13.2 Å². The number of nitrogens with zero attached hydrogens (tertiary/aromatic N) is 2. The Kier molecular flexibility index (Phi) is 6.01. The third-order valence-electron chi connectivity index (χ3n) is 3.55. The molecule has 2 N–H and O–H groups in total. The van der Waals surface area contributed by atoms with E-state index in [9.17, 15) is 4.79 Å². The van der Waals surface area contributed by atoms with Crippen LogP contribution in [0.3, 0.4) is 0 Å². The van der Waals surface area contributed by atoms with Gasteiger partial charge in [-0.2, -0.15) is 5.10 Å². The first kappa shape index (κ1) is 15.0. The Bertz CT molecular complexity index is 413. The maximum Gasteiger partial charge on any atom is 0.271 e. The molecule has 1 saturated heterocycles. The molecule has 0 aliphatic carbocycles. The molecule has 112 valence electrons. The predicted molar refractivity (Wildman–Crippen MR) is 76.8 cm³/mol. The smallest absolute Gasteiger partial charge is 0.271 e. The summed E-state index contributed by atoms with van der Waals surface area (Å²) in [5.74, 6) is -0.0927. The number of aromatic nitrogens is 2. The molecule has 1 amide bonds. The average molecular weight is 280 g/mol. The number of piperidine rings is 1. The molecule has 1 atom stereocenters. The van der Waals surface area contributed by atoms with Crippen LogP contribution in [0.1, 0.15) is 42.2 Å². The van der Waals surface area contributed by atoms with Crippen molar-refractivity contribution in [2.24, 2.45) is 0 Å². The van der Waals surface area contributed by atoms with Gasteiger partial charge in [0.15, 0.2) is 0 Å². The fourth-order valence-electron chi connectivity index (χ4n) is 2.39. The Morgan fingerprint density at radius 2 is 2.50 bits per heavy atom. The number of methoxy groups -OCH3 is 1. The second-order valence-electron chi connectivity index (χ2n) is 5.14.